The summed E-state index contributed by atoms with van der Waals surface area (Å²) in [7, 11) is 1.67. The second kappa shape index (κ2) is 19.9. The molecule has 2 aromatic carbocycles. The summed E-state index contributed by atoms with van der Waals surface area (Å²) in [5.41, 5.74) is 11.8. The molecule has 2 heterocycles. The van der Waals surface area contributed by atoms with Crippen LogP contribution in [0.4, 0.5) is 11.4 Å². The zero-order valence-corrected chi connectivity index (χ0v) is 33.5. The Morgan fingerprint density at radius 2 is 1.52 bits per heavy atom. The van der Waals surface area contributed by atoms with Gasteiger partial charge in [-0.25, -0.2) is 0 Å². The topological polar surface area (TPSA) is 89.7 Å². The fourth-order valence-electron chi connectivity index (χ4n) is 7.63. The SMILES string of the molecule is COCCOCCOCCN1C(=C=CC2CCCC(/C=C/C3=[N+](CCOCCOCCC(=O)O)c4ccccc4C3(C)C)=C2Cl)C(C)(C)c2ccccc21. The van der Waals surface area contributed by atoms with E-state index in [0.29, 0.717) is 59.4 Å². The van der Waals surface area contributed by atoms with E-state index >= 15 is 0 Å². The van der Waals surface area contributed by atoms with Crippen LogP contribution in [0.5, 0.6) is 0 Å². The molecular weight excluding hydrogens is 704 g/mol. The van der Waals surface area contributed by atoms with Crippen LogP contribution in [0.3, 0.4) is 0 Å². The number of allylic oxidation sites excluding steroid dienone is 5. The molecule has 1 unspecified atom stereocenters. The molecule has 3 aliphatic rings. The Kier molecular flexibility index (Phi) is 15.3. The van der Waals surface area contributed by atoms with E-state index in [1.54, 1.807) is 7.11 Å². The summed E-state index contributed by atoms with van der Waals surface area (Å²) in [6, 6.07) is 17.2. The van der Waals surface area contributed by atoms with Gasteiger partial charge in [-0.15, -0.1) is 5.73 Å². The number of carboxylic acid groups (broad SMARTS) is 1. The number of hydrogen-bond donors (Lipinski definition) is 1. The van der Waals surface area contributed by atoms with Gasteiger partial charge in [-0.05, 0) is 70.2 Å². The number of fused-ring (bicyclic) bond motifs is 2. The number of halogens is 1. The van der Waals surface area contributed by atoms with Crippen molar-refractivity contribution in [2.45, 2.75) is 64.2 Å². The van der Waals surface area contributed by atoms with E-state index in [9.17, 15) is 4.79 Å². The van der Waals surface area contributed by atoms with Crippen LogP contribution >= 0.6 is 11.6 Å². The third-order valence-electron chi connectivity index (χ3n) is 10.5. The third kappa shape index (κ3) is 10.2. The molecule has 2 aromatic rings. The zero-order chi connectivity index (χ0) is 38.6. The van der Waals surface area contributed by atoms with E-state index in [4.69, 9.17) is 40.4 Å². The van der Waals surface area contributed by atoms with Gasteiger partial charge in [0.2, 0.25) is 5.69 Å². The third-order valence-corrected chi connectivity index (χ3v) is 11.1. The lowest BCUT2D eigenvalue weighted by molar-refractivity contribution is -0.442. The number of rotatable bonds is 21. The molecule has 0 amide bonds. The van der Waals surface area contributed by atoms with E-state index in [1.165, 1.54) is 28.2 Å². The van der Waals surface area contributed by atoms with Gasteiger partial charge in [0.25, 0.3) is 0 Å². The summed E-state index contributed by atoms with van der Waals surface area (Å²) in [5.74, 6) is -0.784. The van der Waals surface area contributed by atoms with Gasteiger partial charge in [0.1, 0.15) is 6.61 Å². The molecule has 292 valence electrons. The molecule has 54 heavy (non-hydrogen) atoms. The molecular formula is C44H58ClN2O7+. The Morgan fingerprint density at radius 3 is 2.26 bits per heavy atom. The molecule has 9 nitrogen and oxygen atoms in total. The van der Waals surface area contributed by atoms with Crippen molar-refractivity contribution >= 4 is 34.7 Å². The average molecular weight is 762 g/mol. The lowest BCUT2D eigenvalue weighted by Gasteiger charge is -2.26. The van der Waals surface area contributed by atoms with Crippen LogP contribution in [0.2, 0.25) is 0 Å². The molecule has 0 aromatic heterocycles. The van der Waals surface area contributed by atoms with Gasteiger partial charge in [0, 0.05) is 53.4 Å². The first-order valence-corrected chi connectivity index (χ1v) is 19.6. The molecule has 0 spiro atoms. The molecule has 1 N–H and O–H groups in total. The highest BCUT2D eigenvalue weighted by Gasteiger charge is 2.44. The van der Waals surface area contributed by atoms with Gasteiger partial charge in [0.15, 0.2) is 12.3 Å². The van der Waals surface area contributed by atoms with Crippen molar-refractivity contribution in [2.75, 3.05) is 84.6 Å². The number of methoxy groups -OCH3 is 1. The van der Waals surface area contributed by atoms with Crippen molar-refractivity contribution in [3.8, 4) is 0 Å². The molecule has 10 heteroatoms. The number of anilines is 1. The van der Waals surface area contributed by atoms with Crippen LogP contribution in [-0.4, -0.2) is 101 Å². The minimum atomic E-state index is -0.863. The fraction of sp³-hybridized carbons (Fsp3) is 0.523. The number of carboxylic acids is 1. The van der Waals surface area contributed by atoms with Crippen molar-refractivity contribution in [2.24, 2.45) is 5.92 Å². The van der Waals surface area contributed by atoms with Gasteiger partial charge in [-0.2, -0.15) is 4.58 Å². The largest absolute Gasteiger partial charge is 0.481 e. The maximum absolute atomic E-state index is 10.7. The summed E-state index contributed by atoms with van der Waals surface area (Å²) in [6.45, 7) is 14.8. The number of benzene rings is 2. The highest BCUT2D eigenvalue weighted by atomic mass is 35.5. The van der Waals surface area contributed by atoms with Crippen LogP contribution < -0.4 is 4.90 Å². The quantitative estimate of drug-likeness (QED) is 0.0780. The summed E-state index contributed by atoms with van der Waals surface area (Å²) in [5, 5.41) is 9.69. The van der Waals surface area contributed by atoms with Crippen molar-refractivity contribution in [3.05, 3.63) is 99.9 Å². The van der Waals surface area contributed by atoms with Crippen LogP contribution in [0, 0.1) is 5.92 Å². The Bertz CT molecular complexity index is 1750. The predicted molar refractivity (Wildman–Crippen MR) is 214 cm³/mol. The monoisotopic (exact) mass is 761 g/mol. The maximum atomic E-state index is 10.7. The molecule has 0 saturated carbocycles. The average Bonchev–Trinajstić information content (AvgIpc) is 3.50. The Labute approximate surface area is 326 Å². The first kappa shape index (κ1) is 41.6. The molecule has 0 fully saturated rings. The highest BCUT2D eigenvalue weighted by Crippen LogP contribution is 2.47. The Balaban J connectivity index is 1.32. The van der Waals surface area contributed by atoms with E-state index in [2.05, 4.69) is 110 Å². The van der Waals surface area contributed by atoms with E-state index < -0.39 is 5.97 Å². The predicted octanol–water partition coefficient (Wildman–Crippen LogP) is 7.94. The van der Waals surface area contributed by atoms with Crippen molar-refractivity contribution in [1.82, 2.24) is 0 Å². The lowest BCUT2D eigenvalue weighted by atomic mass is 9.81. The number of aliphatic carboxylic acids is 1. The second-order valence-electron chi connectivity index (χ2n) is 14.9. The van der Waals surface area contributed by atoms with E-state index in [0.717, 1.165) is 42.1 Å². The molecule has 1 atom stereocenters. The van der Waals surface area contributed by atoms with Crippen LogP contribution in [0.25, 0.3) is 0 Å². The van der Waals surface area contributed by atoms with Crippen LogP contribution in [-0.2, 0) is 39.3 Å². The minimum Gasteiger partial charge on any atom is -0.481 e. The Hall–Kier alpha value is -3.53. The lowest BCUT2D eigenvalue weighted by Crippen LogP contribution is -2.29. The number of carbonyl (C=O) groups is 1. The molecule has 1 aliphatic carbocycles. The molecule has 0 saturated heterocycles. The van der Waals surface area contributed by atoms with Crippen LogP contribution in [0.1, 0.15) is 64.5 Å². The number of nitrogens with zero attached hydrogens (tertiary/aromatic N) is 2. The second-order valence-corrected chi connectivity index (χ2v) is 15.3. The van der Waals surface area contributed by atoms with E-state index in [-0.39, 0.29) is 29.8 Å². The summed E-state index contributed by atoms with van der Waals surface area (Å²) >= 11 is 7.26. The first-order valence-electron chi connectivity index (χ1n) is 19.2. The number of hydrogen-bond acceptors (Lipinski definition) is 7. The Morgan fingerprint density at radius 1 is 0.870 bits per heavy atom. The van der Waals surface area contributed by atoms with Crippen molar-refractivity contribution in [3.63, 3.8) is 0 Å². The first-order chi connectivity index (χ1) is 26.1. The molecule has 0 radical (unpaired) electrons. The van der Waals surface area contributed by atoms with Crippen LogP contribution in [0.15, 0.2) is 88.8 Å². The summed E-state index contributed by atoms with van der Waals surface area (Å²) < 4.78 is 30.2. The summed E-state index contributed by atoms with van der Waals surface area (Å²) in [4.78, 5) is 13.1. The zero-order valence-electron chi connectivity index (χ0n) is 32.7. The normalized spacial score (nSPS) is 18.7. The van der Waals surface area contributed by atoms with Gasteiger partial charge in [0.05, 0.1) is 70.4 Å². The fourth-order valence-corrected chi connectivity index (χ4v) is 7.96. The number of para-hydroxylation sites is 2. The van der Waals surface area contributed by atoms with Crippen molar-refractivity contribution in [1.29, 1.82) is 0 Å². The van der Waals surface area contributed by atoms with Gasteiger partial charge in [-0.3, -0.25) is 4.79 Å². The van der Waals surface area contributed by atoms with E-state index in [1.807, 2.05) is 0 Å². The molecule has 0 bridgehead atoms. The van der Waals surface area contributed by atoms with Gasteiger partial charge >= 0.3 is 5.97 Å². The number of ether oxygens (including phenoxy) is 5. The maximum Gasteiger partial charge on any atom is 0.305 e. The van der Waals surface area contributed by atoms with Crippen molar-refractivity contribution < 1.29 is 38.2 Å². The minimum absolute atomic E-state index is 0.00542. The smallest absolute Gasteiger partial charge is 0.305 e. The molecule has 2 aliphatic heterocycles. The van der Waals surface area contributed by atoms with Gasteiger partial charge in [-0.1, -0.05) is 54.1 Å². The summed E-state index contributed by atoms with van der Waals surface area (Å²) in [6.07, 6.45) is 9.61. The standard InChI is InChI=1S/C44H57ClN2O7/c1-43(2)35-13-6-8-15-37(35)46(22-25-52-30-29-51-24-21-41(48)49)39(43)19-17-33-11-10-12-34(42(33)45)18-20-40-44(3,4)36-14-7-9-16-38(36)47(40)23-26-53-31-32-54-28-27-50-5/h6-9,13-19,34H,10-12,21-32H2,1-5H3/p+1/b19-17+. The van der Waals surface area contributed by atoms with Gasteiger partial charge < -0.3 is 33.7 Å². The highest BCUT2D eigenvalue weighted by molar-refractivity contribution is 6.30. The molecule has 5 rings (SSSR count).